The molecule has 206 valence electrons. The number of nitrogens with zero attached hydrogens (tertiary/aromatic N) is 1. The second-order valence-electron chi connectivity index (χ2n) is 9.32. The Kier molecular flexibility index (Phi) is 7.40. The number of anilines is 3. The summed E-state index contributed by atoms with van der Waals surface area (Å²) < 4.78 is 40.0. The number of fused-ring (bicyclic) bond motifs is 1. The number of carbonyl (C=O) groups excluding carboxylic acids is 3. The Morgan fingerprint density at radius 1 is 0.925 bits per heavy atom. The maximum Gasteiger partial charge on any atom is 0.417 e. The number of H-pyrrole nitrogens is 1. The first-order valence-electron chi connectivity index (χ1n) is 12.3. The van der Waals surface area contributed by atoms with Gasteiger partial charge in [0.05, 0.1) is 22.7 Å². The van der Waals surface area contributed by atoms with Crippen molar-refractivity contribution < 1.29 is 27.6 Å². The third-order valence-electron chi connectivity index (χ3n) is 6.61. The summed E-state index contributed by atoms with van der Waals surface area (Å²) in [4.78, 5) is 42.4. The number of likely N-dealkylation sites (tertiary alicyclic amines) is 1. The van der Waals surface area contributed by atoms with E-state index in [1.54, 1.807) is 42.6 Å². The molecule has 0 saturated carbocycles. The number of nitrogens with one attached hydrogen (secondary N) is 4. The number of urea groups is 1. The van der Waals surface area contributed by atoms with Crippen LogP contribution in [0.4, 0.5) is 35.0 Å². The topological polar surface area (TPSA) is 106 Å². The number of carbonyl (C=O) groups is 3. The van der Waals surface area contributed by atoms with Gasteiger partial charge in [0.15, 0.2) is 0 Å². The minimum Gasteiger partial charge on any atom is -0.359 e. The van der Waals surface area contributed by atoms with Gasteiger partial charge in [0.2, 0.25) is 5.91 Å². The summed E-state index contributed by atoms with van der Waals surface area (Å²) in [5.41, 5.74) is 0.895. The molecule has 8 nitrogen and oxygen atoms in total. The summed E-state index contributed by atoms with van der Waals surface area (Å²) in [5, 5.41) is 9.53. The summed E-state index contributed by atoms with van der Waals surface area (Å²) in [7, 11) is 0. The van der Waals surface area contributed by atoms with Gasteiger partial charge in [-0.3, -0.25) is 9.59 Å². The SMILES string of the molecule is O=C(Nc1ccc(NC(=O)C2CCN(C(=O)c3ccccc3C(F)(F)F)C2)cc1)Nc1c[nH]c2ccc(Cl)cc12. The molecule has 1 aromatic heterocycles. The van der Waals surface area contributed by atoms with Gasteiger partial charge in [-0.1, -0.05) is 23.7 Å². The maximum absolute atomic E-state index is 13.3. The van der Waals surface area contributed by atoms with Gasteiger partial charge in [0.25, 0.3) is 5.91 Å². The van der Waals surface area contributed by atoms with E-state index in [4.69, 9.17) is 11.6 Å². The van der Waals surface area contributed by atoms with E-state index >= 15 is 0 Å². The Balaban J connectivity index is 1.15. The van der Waals surface area contributed by atoms with Gasteiger partial charge >= 0.3 is 12.2 Å². The average molecular weight is 570 g/mol. The molecule has 1 unspecified atom stereocenters. The molecule has 1 aliphatic rings. The number of alkyl halides is 3. The standard InChI is InChI=1S/C28H23ClF3N5O3/c29-17-5-10-23-21(13-17)24(14-33-23)36-27(40)35-19-8-6-18(7-9-19)34-25(38)16-11-12-37(15-16)26(39)20-3-1-2-4-22(20)28(30,31)32/h1-10,13-14,16,33H,11-12,15H2,(H,34,38)(H2,35,36,40). The van der Waals surface area contributed by atoms with Gasteiger partial charge in [0, 0.05) is 46.6 Å². The highest BCUT2D eigenvalue weighted by molar-refractivity contribution is 6.31. The summed E-state index contributed by atoms with van der Waals surface area (Å²) >= 11 is 6.05. The number of hydrogen-bond acceptors (Lipinski definition) is 3. The van der Waals surface area contributed by atoms with Crippen LogP contribution in [0.3, 0.4) is 0 Å². The van der Waals surface area contributed by atoms with Crippen molar-refractivity contribution in [3.8, 4) is 0 Å². The first-order chi connectivity index (χ1) is 19.1. The lowest BCUT2D eigenvalue weighted by Crippen LogP contribution is -2.32. The van der Waals surface area contributed by atoms with Crippen LogP contribution in [0, 0.1) is 5.92 Å². The van der Waals surface area contributed by atoms with Crippen LogP contribution in [-0.4, -0.2) is 40.8 Å². The Hall–Kier alpha value is -4.51. The fourth-order valence-corrected chi connectivity index (χ4v) is 4.78. The highest BCUT2D eigenvalue weighted by Gasteiger charge is 2.38. The molecule has 4 amide bonds. The normalized spacial score (nSPS) is 15.2. The highest BCUT2D eigenvalue weighted by atomic mass is 35.5. The Bertz CT molecular complexity index is 1590. The first-order valence-corrected chi connectivity index (χ1v) is 12.7. The van der Waals surface area contributed by atoms with Gasteiger partial charge in [-0.25, -0.2) is 4.79 Å². The van der Waals surface area contributed by atoms with Gasteiger partial charge in [-0.2, -0.15) is 13.2 Å². The van der Waals surface area contributed by atoms with Crippen molar-refractivity contribution in [1.82, 2.24) is 9.88 Å². The second-order valence-corrected chi connectivity index (χ2v) is 9.75. The average Bonchev–Trinajstić information content (AvgIpc) is 3.57. The zero-order valence-electron chi connectivity index (χ0n) is 20.8. The molecular weight excluding hydrogens is 547 g/mol. The molecule has 12 heteroatoms. The van der Waals surface area contributed by atoms with Gasteiger partial charge in [-0.05, 0) is 61.0 Å². The fraction of sp³-hybridized carbons (Fsp3) is 0.179. The lowest BCUT2D eigenvalue weighted by atomic mass is 10.1. The molecule has 1 saturated heterocycles. The number of rotatable bonds is 5. The minimum absolute atomic E-state index is 0.00964. The lowest BCUT2D eigenvalue weighted by Gasteiger charge is -2.19. The molecule has 1 aliphatic heterocycles. The van der Waals surface area contributed by atoms with Crippen molar-refractivity contribution in [3.63, 3.8) is 0 Å². The maximum atomic E-state index is 13.3. The minimum atomic E-state index is -4.66. The number of hydrogen-bond donors (Lipinski definition) is 4. The summed E-state index contributed by atoms with van der Waals surface area (Å²) in [5.74, 6) is -1.68. The van der Waals surface area contributed by atoms with Crippen LogP contribution in [0.5, 0.6) is 0 Å². The van der Waals surface area contributed by atoms with Crippen LogP contribution < -0.4 is 16.0 Å². The van der Waals surface area contributed by atoms with Crippen LogP contribution in [0.1, 0.15) is 22.3 Å². The number of benzene rings is 3. The third kappa shape index (κ3) is 5.89. The molecule has 5 rings (SSSR count). The van der Waals surface area contributed by atoms with Crippen molar-refractivity contribution >= 4 is 57.4 Å². The molecule has 1 fully saturated rings. The number of aromatic amines is 1. The number of amides is 4. The third-order valence-corrected chi connectivity index (χ3v) is 6.85. The van der Waals surface area contributed by atoms with Crippen molar-refractivity contribution in [1.29, 1.82) is 0 Å². The molecule has 40 heavy (non-hydrogen) atoms. The van der Waals surface area contributed by atoms with E-state index in [1.165, 1.54) is 17.0 Å². The summed E-state index contributed by atoms with van der Waals surface area (Å²) in [6, 6.07) is 15.9. The molecule has 0 radical (unpaired) electrons. The monoisotopic (exact) mass is 569 g/mol. The first kappa shape index (κ1) is 27.1. The van der Waals surface area contributed by atoms with Gasteiger partial charge in [0.1, 0.15) is 0 Å². The Labute approximate surface area is 231 Å². The summed E-state index contributed by atoms with van der Waals surface area (Å²) in [6.45, 7) is 0.180. The lowest BCUT2D eigenvalue weighted by molar-refractivity contribution is -0.138. The second kappa shape index (κ2) is 10.9. The number of aromatic nitrogens is 1. The Morgan fingerprint density at radius 2 is 1.62 bits per heavy atom. The van der Waals surface area contributed by atoms with E-state index in [0.29, 0.717) is 28.5 Å². The van der Waals surface area contributed by atoms with Crippen LogP contribution in [0.15, 0.2) is 72.9 Å². The van der Waals surface area contributed by atoms with E-state index in [0.717, 1.165) is 23.0 Å². The quantitative estimate of drug-likeness (QED) is 0.218. The molecule has 1 atom stereocenters. The molecule has 2 heterocycles. The highest BCUT2D eigenvalue weighted by Crippen LogP contribution is 2.33. The van der Waals surface area contributed by atoms with E-state index in [1.807, 2.05) is 6.07 Å². The Morgan fingerprint density at radius 3 is 2.35 bits per heavy atom. The van der Waals surface area contributed by atoms with Crippen LogP contribution in [-0.2, 0) is 11.0 Å². The predicted octanol–water partition coefficient (Wildman–Crippen LogP) is 6.58. The summed E-state index contributed by atoms with van der Waals surface area (Å²) in [6.07, 6.45) is -2.67. The van der Waals surface area contributed by atoms with Crippen LogP contribution in [0.2, 0.25) is 5.02 Å². The molecule has 0 spiro atoms. The largest absolute Gasteiger partial charge is 0.417 e. The zero-order chi connectivity index (χ0) is 28.4. The molecule has 0 aliphatic carbocycles. The van der Waals surface area contributed by atoms with E-state index in [9.17, 15) is 27.6 Å². The molecule has 3 aromatic carbocycles. The van der Waals surface area contributed by atoms with E-state index in [2.05, 4.69) is 20.9 Å². The van der Waals surface area contributed by atoms with E-state index in [-0.39, 0.29) is 19.0 Å². The van der Waals surface area contributed by atoms with Crippen LogP contribution in [0.25, 0.3) is 10.9 Å². The van der Waals surface area contributed by atoms with Gasteiger partial charge < -0.3 is 25.8 Å². The number of halogens is 4. The van der Waals surface area contributed by atoms with E-state index < -0.39 is 35.2 Å². The van der Waals surface area contributed by atoms with Crippen molar-refractivity contribution in [3.05, 3.63) is 89.1 Å². The predicted molar refractivity (Wildman–Crippen MR) is 146 cm³/mol. The zero-order valence-corrected chi connectivity index (χ0v) is 21.6. The van der Waals surface area contributed by atoms with Crippen LogP contribution >= 0.6 is 11.6 Å². The smallest absolute Gasteiger partial charge is 0.359 e. The molecule has 4 N–H and O–H groups in total. The molecular formula is C28H23ClF3N5O3. The van der Waals surface area contributed by atoms with Crippen molar-refractivity contribution in [2.45, 2.75) is 12.6 Å². The molecule has 0 bridgehead atoms. The van der Waals surface area contributed by atoms with Crippen molar-refractivity contribution in [2.24, 2.45) is 5.92 Å². The fourth-order valence-electron chi connectivity index (χ4n) is 4.61. The van der Waals surface area contributed by atoms with Gasteiger partial charge in [-0.15, -0.1) is 0 Å². The van der Waals surface area contributed by atoms with Crippen molar-refractivity contribution in [2.75, 3.05) is 29.0 Å². The molecule has 4 aromatic rings.